The summed E-state index contributed by atoms with van der Waals surface area (Å²) in [6.07, 6.45) is 7.89. The first-order valence-corrected chi connectivity index (χ1v) is 8.74. The zero-order chi connectivity index (χ0) is 18.1. The molecule has 2 rings (SSSR count). The highest BCUT2D eigenvalue weighted by Gasteiger charge is 2.09. The van der Waals surface area contributed by atoms with Gasteiger partial charge in [0.25, 0.3) is 5.91 Å². The minimum absolute atomic E-state index is 0.154. The van der Waals surface area contributed by atoms with E-state index in [1.165, 1.54) is 6.20 Å². The summed E-state index contributed by atoms with van der Waals surface area (Å²) in [7, 11) is 0. The van der Waals surface area contributed by atoms with E-state index < -0.39 is 5.97 Å². The van der Waals surface area contributed by atoms with Crippen molar-refractivity contribution in [1.82, 2.24) is 15.1 Å². The minimum Gasteiger partial charge on any atom is -0.481 e. The first kappa shape index (κ1) is 19.0. The maximum absolute atomic E-state index is 12.1. The van der Waals surface area contributed by atoms with Gasteiger partial charge in [-0.2, -0.15) is 5.10 Å². The number of carboxylic acids is 1. The van der Waals surface area contributed by atoms with Crippen LogP contribution in [0.4, 0.5) is 0 Å². The molecule has 134 valence electrons. The Labute approximate surface area is 151 Å². The lowest BCUT2D eigenvalue weighted by molar-refractivity contribution is -0.137. The van der Waals surface area contributed by atoms with Crippen molar-refractivity contribution in [3.63, 3.8) is 0 Å². The number of nitrogens with zero attached hydrogens (tertiary/aromatic N) is 2. The molecule has 0 fully saturated rings. The first-order chi connectivity index (χ1) is 12.1. The quantitative estimate of drug-likeness (QED) is 0.630. The highest BCUT2D eigenvalue weighted by atomic mass is 35.5. The number of halogens is 1. The summed E-state index contributed by atoms with van der Waals surface area (Å²) in [6, 6.07) is 7.25. The van der Waals surface area contributed by atoms with Crippen molar-refractivity contribution >= 4 is 23.5 Å². The smallest absolute Gasteiger partial charge is 0.303 e. The number of carboxylic acid groups (broad SMARTS) is 1. The number of rotatable bonds is 10. The van der Waals surface area contributed by atoms with Crippen molar-refractivity contribution in [3.8, 4) is 5.69 Å². The van der Waals surface area contributed by atoms with Crippen LogP contribution < -0.4 is 5.32 Å². The molecule has 0 unspecified atom stereocenters. The summed E-state index contributed by atoms with van der Waals surface area (Å²) >= 11 is 5.96. The van der Waals surface area contributed by atoms with E-state index in [9.17, 15) is 9.59 Å². The maximum Gasteiger partial charge on any atom is 0.303 e. The molecule has 0 saturated heterocycles. The van der Waals surface area contributed by atoms with Gasteiger partial charge in [-0.15, -0.1) is 0 Å². The van der Waals surface area contributed by atoms with Gasteiger partial charge in [-0.25, -0.2) is 4.68 Å². The van der Waals surface area contributed by atoms with Gasteiger partial charge in [0.15, 0.2) is 0 Å². The largest absolute Gasteiger partial charge is 0.481 e. The van der Waals surface area contributed by atoms with Crippen molar-refractivity contribution in [2.75, 3.05) is 6.54 Å². The lowest BCUT2D eigenvalue weighted by Gasteiger charge is -2.04. The van der Waals surface area contributed by atoms with Gasteiger partial charge in [0, 0.05) is 24.2 Å². The van der Waals surface area contributed by atoms with Crippen LogP contribution in [0.3, 0.4) is 0 Å². The zero-order valence-electron chi connectivity index (χ0n) is 13.9. The molecule has 6 nitrogen and oxygen atoms in total. The van der Waals surface area contributed by atoms with Gasteiger partial charge >= 0.3 is 5.97 Å². The average Bonchev–Trinajstić information content (AvgIpc) is 3.07. The number of benzene rings is 1. The topological polar surface area (TPSA) is 84.2 Å². The van der Waals surface area contributed by atoms with Crippen LogP contribution in [0.15, 0.2) is 36.7 Å². The van der Waals surface area contributed by atoms with Gasteiger partial charge in [-0.05, 0) is 31.0 Å². The minimum atomic E-state index is -0.745. The van der Waals surface area contributed by atoms with Gasteiger partial charge < -0.3 is 10.4 Å². The number of aliphatic carboxylic acids is 1. The molecular formula is C18H22ClN3O3. The molecule has 0 radical (unpaired) electrons. The van der Waals surface area contributed by atoms with Crippen LogP contribution in [0.25, 0.3) is 5.69 Å². The van der Waals surface area contributed by atoms with Crippen LogP contribution in [0.2, 0.25) is 5.02 Å². The van der Waals surface area contributed by atoms with E-state index in [0.29, 0.717) is 23.6 Å². The van der Waals surface area contributed by atoms with Crippen LogP contribution in [-0.2, 0) is 4.79 Å². The Kier molecular flexibility index (Phi) is 7.47. The van der Waals surface area contributed by atoms with E-state index in [1.807, 2.05) is 12.1 Å². The second kappa shape index (κ2) is 9.84. The molecule has 2 N–H and O–H groups in total. The summed E-state index contributed by atoms with van der Waals surface area (Å²) in [5, 5.41) is 16.2. The predicted molar refractivity (Wildman–Crippen MR) is 96.2 cm³/mol. The second-order valence-corrected chi connectivity index (χ2v) is 6.26. The van der Waals surface area contributed by atoms with Gasteiger partial charge in [0.2, 0.25) is 0 Å². The average molecular weight is 364 g/mol. The summed E-state index contributed by atoms with van der Waals surface area (Å²) in [5.41, 5.74) is 1.30. The molecule has 0 bridgehead atoms. The molecule has 0 aliphatic rings. The lowest BCUT2D eigenvalue weighted by Crippen LogP contribution is -2.24. The number of nitrogens with one attached hydrogen (secondary N) is 1. The van der Waals surface area contributed by atoms with E-state index in [0.717, 1.165) is 31.4 Å². The fraction of sp³-hybridized carbons (Fsp3) is 0.389. The Morgan fingerprint density at radius 2 is 1.92 bits per heavy atom. The zero-order valence-corrected chi connectivity index (χ0v) is 14.7. The Morgan fingerprint density at radius 3 is 2.68 bits per heavy atom. The summed E-state index contributed by atoms with van der Waals surface area (Å²) in [5.74, 6) is -0.898. The molecule has 1 aromatic heterocycles. The number of carbonyl (C=O) groups is 2. The highest BCUT2D eigenvalue weighted by molar-refractivity contribution is 6.30. The molecule has 1 amide bonds. The predicted octanol–water partition coefficient (Wildman–Crippen LogP) is 3.68. The Morgan fingerprint density at radius 1 is 1.16 bits per heavy atom. The molecule has 0 aliphatic carbocycles. The van der Waals surface area contributed by atoms with E-state index in [4.69, 9.17) is 16.7 Å². The molecule has 7 heteroatoms. The van der Waals surface area contributed by atoms with Crippen LogP contribution in [0.1, 0.15) is 48.9 Å². The van der Waals surface area contributed by atoms with E-state index in [2.05, 4.69) is 10.4 Å². The van der Waals surface area contributed by atoms with Crippen LogP contribution >= 0.6 is 11.6 Å². The molecular weight excluding hydrogens is 342 g/mol. The third-order valence-corrected chi connectivity index (χ3v) is 4.01. The number of amides is 1. The van der Waals surface area contributed by atoms with Gasteiger partial charge in [-0.3, -0.25) is 9.59 Å². The Hall–Kier alpha value is -2.34. The molecule has 2 aromatic rings. The van der Waals surface area contributed by atoms with Crippen molar-refractivity contribution in [3.05, 3.63) is 47.2 Å². The number of aromatic nitrogens is 2. The molecule has 0 atom stereocenters. The number of unbranched alkanes of at least 4 members (excludes halogenated alkanes) is 4. The molecule has 25 heavy (non-hydrogen) atoms. The molecule has 1 aromatic carbocycles. The number of hydrogen-bond donors (Lipinski definition) is 2. The first-order valence-electron chi connectivity index (χ1n) is 8.37. The van der Waals surface area contributed by atoms with Gasteiger partial charge in [-0.1, -0.05) is 36.9 Å². The lowest BCUT2D eigenvalue weighted by atomic mass is 10.1. The van der Waals surface area contributed by atoms with Crippen molar-refractivity contribution < 1.29 is 14.7 Å². The van der Waals surface area contributed by atoms with E-state index in [1.54, 1.807) is 23.0 Å². The molecule has 0 spiro atoms. The molecule has 0 aliphatic heterocycles. The van der Waals surface area contributed by atoms with Gasteiger partial charge in [0.1, 0.15) is 0 Å². The summed E-state index contributed by atoms with van der Waals surface area (Å²) < 4.78 is 1.61. The fourth-order valence-corrected chi connectivity index (χ4v) is 2.62. The van der Waals surface area contributed by atoms with E-state index >= 15 is 0 Å². The molecule has 0 saturated carbocycles. The summed E-state index contributed by atoms with van der Waals surface area (Å²) in [6.45, 7) is 0.597. The third-order valence-electron chi connectivity index (χ3n) is 3.77. The number of hydrogen-bond acceptors (Lipinski definition) is 3. The van der Waals surface area contributed by atoms with Crippen LogP contribution in [0, 0.1) is 0 Å². The van der Waals surface area contributed by atoms with Crippen LogP contribution in [0.5, 0.6) is 0 Å². The van der Waals surface area contributed by atoms with Crippen molar-refractivity contribution in [1.29, 1.82) is 0 Å². The van der Waals surface area contributed by atoms with Crippen molar-refractivity contribution in [2.45, 2.75) is 38.5 Å². The fourth-order valence-electron chi connectivity index (χ4n) is 2.44. The van der Waals surface area contributed by atoms with Crippen LogP contribution in [-0.4, -0.2) is 33.3 Å². The second-order valence-electron chi connectivity index (χ2n) is 5.82. The van der Waals surface area contributed by atoms with Gasteiger partial charge in [0.05, 0.1) is 17.4 Å². The maximum atomic E-state index is 12.1. The van der Waals surface area contributed by atoms with Crippen molar-refractivity contribution in [2.24, 2.45) is 0 Å². The third kappa shape index (κ3) is 6.58. The summed E-state index contributed by atoms with van der Waals surface area (Å²) in [4.78, 5) is 22.5. The Bertz CT molecular complexity index is 715. The monoisotopic (exact) mass is 363 g/mol. The SMILES string of the molecule is O=C(O)CCCCCCCNC(=O)c1cnn(-c2cccc(Cl)c2)c1. The Balaban J connectivity index is 1.69. The molecule has 1 heterocycles. The highest BCUT2D eigenvalue weighted by Crippen LogP contribution is 2.14. The number of carbonyl (C=O) groups excluding carboxylic acids is 1. The standard InChI is InChI=1S/C18H22ClN3O3/c19-15-7-6-8-16(11-15)22-13-14(12-21-22)18(25)20-10-5-3-1-2-4-9-17(23)24/h6-8,11-13H,1-5,9-10H2,(H,20,25)(H,23,24). The normalized spacial score (nSPS) is 10.6. The van der Waals surface area contributed by atoms with E-state index in [-0.39, 0.29) is 12.3 Å².